The van der Waals surface area contributed by atoms with Gasteiger partial charge in [-0.3, -0.25) is 10.1 Å². The molecule has 18 heavy (non-hydrogen) atoms. The van der Waals surface area contributed by atoms with E-state index in [1.165, 1.54) is 5.56 Å². The van der Waals surface area contributed by atoms with Crippen LogP contribution in [-0.4, -0.2) is 18.5 Å². The lowest BCUT2D eigenvalue weighted by Crippen LogP contribution is -2.49. The van der Waals surface area contributed by atoms with Crippen LogP contribution in [0.1, 0.15) is 44.2 Å². The van der Waals surface area contributed by atoms with Crippen LogP contribution in [0.15, 0.2) is 30.3 Å². The number of piperidine rings is 1. The summed E-state index contributed by atoms with van der Waals surface area (Å²) in [7, 11) is 0. The molecule has 0 aromatic heterocycles. The topological polar surface area (TPSA) is 41.1 Å². The molecule has 3 nitrogen and oxygen atoms in total. The van der Waals surface area contributed by atoms with E-state index >= 15 is 0 Å². The van der Waals surface area contributed by atoms with Crippen LogP contribution in [0.2, 0.25) is 0 Å². The molecule has 3 heteroatoms. The second kappa shape index (κ2) is 6.55. The van der Waals surface area contributed by atoms with Gasteiger partial charge in [0.05, 0.1) is 6.04 Å². The molecule has 2 unspecified atom stereocenters. The van der Waals surface area contributed by atoms with Crippen LogP contribution in [0.5, 0.6) is 0 Å². The summed E-state index contributed by atoms with van der Waals surface area (Å²) in [6, 6.07) is 10.7. The van der Waals surface area contributed by atoms with Crippen molar-refractivity contribution in [1.82, 2.24) is 10.6 Å². The van der Waals surface area contributed by atoms with Gasteiger partial charge in [-0.15, -0.1) is 0 Å². The maximum atomic E-state index is 11.8. The van der Waals surface area contributed by atoms with Crippen LogP contribution >= 0.6 is 0 Å². The first kappa shape index (κ1) is 13.1. The SMILES string of the molecule is CCCC(NC1CCCNC1=O)c1ccccc1. The molecule has 1 fully saturated rings. The molecule has 2 rings (SSSR count). The summed E-state index contributed by atoms with van der Waals surface area (Å²) in [6.45, 7) is 3.00. The third kappa shape index (κ3) is 3.33. The minimum Gasteiger partial charge on any atom is -0.355 e. The van der Waals surface area contributed by atoms with E-state index in [0.717, 1.165) is 32.2 Å². The van der Waals surface area contributed by atoms with Crippen molar-refractivity contribution >= 4 is 5.91 Å². The normalized spacial score (nSPS) is 21.4. The second-order valence-electron chi connectivity index (χ2n) is 4.90. The predicted molar refractivity (Wildman–Crippen MR) is 73.3 cm³/mol. The van der Waals surface area contributed by atoms with Crippen LogP contribution in [-0.2, 0) is 4.79 Å². The number of hydrogen-bond acceptors (Lipinski definition) is 2. The number of amides is 1. The van der Waals surface area contributed by atoms with Crippen LogP contribution in [0.3, 0.4) is 0 Å². The van der Waals surface area contributed by atoms with Gasteiger partial charge in [-0.1, -0.05) is 43.7 Å². The Labute approximate surface area is 109 Å². The van der Waals surface area contributed by atoms with E-state index in [9.17, 15) is 4.79 Å². The maximum Gasteiger partial charge on any atom is 0.237 e. The summed E-state index contributed by atoms with van der Waals surface area (Å²) in [5.74, 6) is 0.151. The highest BCUT2D eigenvalue weighted by Crippen LogP contribution is 2.20. The Hall–Kier alpha value is -1.35. The van der Waals surface area contributed by atoms with E-state index in [-0.39, 0.29) is 18.0 Å². The van der Waals surface area contributed by atoms with E-state index in [4.69, 9.17) is 0 Å². The van der Waals surface area contributed by atoms with Crippen molar-refractivity contribution in [2.75, 3.05) is 6.54 Å². The molecule has 1 aliphatic rings. The van der Waals surface area contributed by atoms with E-state index in [1.54, 1.807) is 0 Å². The lowest BCUT2D eigenvalue weighted by Gasteiger charge is -2.28. The molecule has 2 N–H and O–H groups in total. The molecule has 1 saturated heterocycles. The van der Waals surface area contributed by atoms with Crippen molar-refractivity contribution in [3.63, 3.8) is 0 Å². The molecule has 0 aliphatic carbocycles. The van der Waals surface area contributed by atoms with Gasteiger partial charge in [0.1, 0.15) is 0 Å². The van der Waals surface area contributed by atoms with Gasteiger partial charge in [0, 0.05) is 12.6 Å². The highest BCUT2D eigenvalue weighted by molar-refractivity contribution is 5.82. The summed E-state index contributed by atoms with van der Waals surface area (Å²) in [5, 5.41) is 6.44. The number of carbonyl (C=O) groups excluding carboxylic acids is 1. The lowest BCUT2D eigenvalue weighted by molar-refractivity contribution is -0.124. The summed E-state index contributed by atoms with van der Waals surface area (Å²) in [5.41, 5.74) is 1.28. The zero-order valence-corrected chi connectivity index (χ0v) is 11.0. The molecule has 1 aromatic rings. The van der Waals surface area contributed by atoms with Crippen molar-refractivity contribution in [1.29, 1.82) is 0 Å². The molecule has 1 aromatic carbocycles. The molecule has 1 aliphatic heterocycles. The Kier molecular flexibility index (Phi) is 4.76. The van der Waals surface area contributed by atoms with Crippen molar-refractivity contribution in [3.8, 4) is 0 Å². The van der Waals surface area contributed by atoms with Gasteiger partial charge in [-0.05, 0) is 24.8 Å². The smallest absolute Gasteiger partial charge is 0.237 e. The van der Waals surface area contributed by atoms with Gasteiger partial charge < -0.3 is 5.32 Å². The molecule has 0 spiro atoms. The van der Waals surface area contributed by atoms with E-state index in [2.05, 4.69) is 41.8 Å². The van der Waals surface area contributed by atoms with Crippen molar-refractivity contribution < 1.29 is 4.79 Å². The van der Waals surface area contributed by atoms with Gasteiger partial charge in [0.25, 0.3) is 0 Å². The Morgan fingerprint density at radius 2 is 2.17 bits per heavy atom. The summed E-state index contributed by atoms with van der Waals surface area (Å²) >= 11 is 0. The van der Waals surface area contributed by atoms with Crippen molar-refractivity contribution in [2.45, 2.75) is 44.7 Å². The zero-order valence-electron chi connectivity index (χ0n) is 11.0. The van der Waals surface area contributed by atoms with Crippen LogP contribution in [0.4, 0.5) is 0 Å². The summed E-state index contributed by atoms with van der Waals surface area (Å²) in [4.78, 5) is 11.8. The summed E-state index contributed by atoms with van der Waals surface area (Å²) in [6.07, 6.45) is 4.19. The minimum atomic E-state index is -0.0319. The molecule has 0 saturated carbocycles. The fraction of sp³-hybridized carbons (Fsp3) is 0.533. The first-order valence-corrected chi connectivity index (χ1v) is 6.90. The zero-order chi connectivity index (χ0) is 12.8. The Balaban J connectivity index is 2.04. The van der Waals surface area contributed by atoms with Gasteiger partial charge in [0.2, 0.25) is 5.91 Å². The highest BCUT2D eigenvalue weighted by atomic mass is 16.2. The van der Waals surface area contributed by atoms with E-state index < -0.39 is 0 Å². The quantitative estimate of drug-likeness (QED) is 0.837. The fourth-order valence-corrected chi connectivity index (χ4v) is 2.49. The third-order valence-corrected chi connectivity index (χ3v) is 3.47. The Morgan fingerprint density at radius 3 is 2.83 bits per heavy atom. The van der Waals surface area contributed by atoms with E-state index in [0.29, 0.717) is 0 Å². The average molecular weight is 246 g/mol. The average Bonchev–Trinajstić information content (AvgIpc) is 2.42. The van der Waals surface area contributed by atoms with Crippen molar-refractivity contribution in [3.05, 3.63) is 35.9 Å². The largest absolute Gasteiger partial charge is 0.355 e. The number of carbonyl (C=O) groups is 1. The minimum absolute atomic E-state index is 0.0319. The van der Waals surface area contributed by atoms with Gasteiger partial charge in [-0.25, -0.2) is 0 Å². The second-order valence-corrected chi connectivity index (χ2v) is 4.90. The molecular weight excluding hydrogens is 224 g/mol. The van der Waals surface area contributed by atoms with Gasteiger partial charge >= 0.3 is 0 Å². The van der Waals surface area contributed by atoms with Crippen LogP contribution < -0.4 is 10.6 Å². The van der Waals surface area contributed by atoms with Crippen molar-refractivity contribution in [2.24, 2.45) is 0 Å². The molecular formula is C15H22N2O. The van der Waals surface area contributed by atoms with Crippen LogP contribution in [0.25, 0.3) is 0 Å². The Morgan fingerprint density at radius 1 is 1.39 bits per heavy atom. The number of benzene rings is 1. The molecule has 1 amide bonds. The molecule has 2 atom stereocenters. The predicted octanol–water partition coefficient (Wildman–Crippen LogP) is 2.40. The van der Waals surface area contributed by atoms with Gasteiger partial charge in [-0.2, -0.15) is 0 Å². The monoisotopic (exact) mass is 246 g/mol. The first-order chi connectivity index (χ1) is 8.81. The first-order valence-electron chi connectivity index (χ1n) is 6.90. The molecule has 1 heterocycles. The van der Waals surface area contributed by atoms with Crippen LogP contribution in [0, 0.1) is 0 Å². The molecule has 0 radical (unpaired) electrons. The number of rotatable bonds is 5. The number of hydrogen-bond donors (Lipinski definition) is 2. The Bertz CT molecular complexity index is 377. The van der Waals surface area contributed by atoms with E-state index in [1.807, 2.05) is 6.07 Å². The highest BCUT2D eigenvalue weighted by Gasteiger charge is 2.24. The third-order valence-electron chi connectivity index (χ3n) is 3.47. The number of nitrogens with one attached hydrogen (secondary N) is 2. The fourth-order valence-electron chi connectivity index (χ4n) is 2.49. The van der Waals surface area contributed by atoms with Gasteiger partial charge in [0.15, 0.2) is 0 Å². The molecule has 0 bridgehead atoms. The molecule has 98 valence electrons. The summed E-state index contributed by atoms with van der Waals surface area (Å²) < 4.78 is 0. The standard InChI is InChI=1S/C15H22N2O/c1-2-7-13(12-8-4-3-5-9-12)17-14-10-6-11-16-15(14)18/h3-5,8-9,13-14,17H,2,6-7,10-11H2,1H3,(H,16,18). The lowest BCUT2D eigenvalue weighted by atomic mass is 9.99. The maximum absolute atomic E-state index is 11.8.